The second kappa shape index (κ2) is 8.58. The molecule has 0 radical (unpaired) electrons. The summed E-state index contributed by atoms with van der Waals surface area (Å²) in [6.45, 7) is 4.78. The van der Waals surface area contributed by atoms with Crippen molar-refractivity contribution in [3.05, 3.63) is 46.4 Å². The van der Waals surface area contributed by atoms with Gasteiger partial charge in [-0.3, -0.25) is 9.36 Å². The van der Waals surface area contributed by atoms with Crippen LogP contribution in [-0.2, 0) is 17.8 Å². The zero-order valence-corrected chi connectivity index (χ0v) is 16.2. The molecule has 1 N–H and O–H groups in total. The molecule has 1 aromatic heterocycles. The van der Waals surface area contributed by atoms with E-state index in [-0.39, 0.29) is 23.7 Å². The molecule has 1 aliphatic rings. The van der Waals surface area contributed by atoms with Crippen LogP contribution in [0.15, 0.2) is 40.3 Å². The van der Waals surface area contributed by atoms with Gasteiger partial charge in [-0.25, -0.2) is 9.89 Å². The van der Waals surface area contributed by atoms with Gasteiger partial charge in [0.2, 0.25) is 5.91 Å². The molecule has 1 aromatic carbocycles. The van der Waals surface area contributed by atoms with Gasteiger partial charge in [-0.05, 0) is 45.1 Å². The third-order valence-corrected chi connectivity index (χ3v) is 5.96. The van der Waals surface area contributed by atoms with Crippen molar-refractivity contribution in [3.63, 3.8) is 0 Å². The topological polar surface area (TPSA) is 71.0 Å². The summed E-state index contributed by atoms with van der Waals surface area (Å²) in [7, 11) is 0. The molecule has 2 atom stereocenters. The number of carbonyl (C=O) groups excluding carboxylic acids is 1. The van der Waals surface area contributed by atoms with Gasteiger partial charge in [-0.2, -0.15) is 0 Å². The second-order valence-corrected chi connectivity index (χ2v) is 7.86. The molecular weight excluding hydrogens is 348 g/mol. The van der Waals surface area contributed by atoms with Crippen LogP contribution in [0.25, 0.3) is 0 Å². The number of nitrogens with one attached hydrogen (secondary N) is 1. The predicted octanol–water partition coefficient (Wildman–Crippen LogP) is 2.70. The number of rotatable bonds is 6. The van der Waals surface area contributed by atoms with Crippen molar-refractivity contribution in [2.45, 2.75) is 63.3 Å². The number of piperidine rings is 1. The normalized spacial score (nSPS) is 20.3. The number of carbonyl (C=O) groups is 1. The standard InChI is InChI=1S/C19H26N4O2S/c1-14-7-6-8-15(2)23(14)17(24)13-26-19-21-20-18(25)22(19)12-11-16-9-4-3-5-10-16/h3-5,9-10,14-15H,6-8,11-13H2,1-2H3,(H,20,25)/t14-,15-/m0/s1. The van der Waals surface area contributed by atoms with Crippen LogP contribution >= 0.6 is 11.8 Å². The third-order valence-electron chi connectivity index (χ3n) is 5.00. The van der Waals surface area contributed by atoms with E-state index in [9.17, 15) is 9.59 Å². The lowest BCUT2D eigenvalue weighted by atomic mass is 9.98. The summed E-state index contributed by atoms with van der Waals surface area (Å²) in [5.41, 5.74) is 0.944. The van der Waals surface area contributed by atoms with Crippen molar-refractivity contribution in [3.8, 4) is 0 Å². The van der Waals surface area contributed by atoms with E-state index in [0.717, 1.165) is 19.3 Å². The zero-order valence-electron chi connectivity index (χ0n) is 15.4. The minimum Gasteiger partial charge on any atom is -0.337 e. The highest BCUT2D eigenvalue weighted by molar-refractivity contribution is 7.99. The molecule has 1 aliphatic heterocycles. The number of aromatic amines is 1. The highest BCUT2D eigenvalue weighted by Gasteiger charge is 2.29. The van der Waals surface area contributed by atoms with Crippen molar-refractivity contribution in [2.75, 3.05) is 5.75 Å². The van der Waals surface area contributed by atoms with E-state index >= 15 is 0 Å². The average Bonchev–Trinajstić information content (AvgIpc) is 2.98. The number of amides is 1. The molecule has 1 saturated heterocycles. The van der Waals surface area contributed by atoms with E-state index in [2.05, 4.69) is 24.0 Å². The first-order chi connectivity index (χ1) is 12.6. The molecule has 2 heterocycles. The van der Waals surface area contributed by atoms with Gasteiger partial charge in [0.1, 0.15) is 0 Å². The fourth-order valence-corrected chi connectivity index (χ4v) is 4.45. The van der Waals surface area contributed by atoms with Crippen LogP contribution in [0, 0.1) is 0 Å². The summed E-state index contributed by atoms with van der Waals surface area (Å²) in [6, 6.07) is 10.6. The Balaban J connectivity index is 1.61. The molecule has 0 bridgehead atoms. The Hall–Kier alpha value is -2.02. The molecule has 0 unspecified atom stereocenters. The van der Waals surface area contributed by atoms with Gasteiger partial charge in [0, 0.05) is 18.6 Å². The summed E-state index contributed by atoms with van der Waals surface area (Å²) in [6.07, 6.45) is 4.05. The summed E-state index contributed by atoms with van der Waals surface area (Å²) >= 11 is 1.34. The van der Waals surface area contributed by atoms with E-state index < -0.39 is 0 Å². The summed E-state index contributed by atoms with van der Waals surface area (Å²) in [5.74, 6) is 0.435. The number of hydrogen-bond acceptors (Lipinski definition) is 4. The lowest BCUT2D eigenvalue weighted by Crippen LogP contribution is -2.48. The fraction of sp³-hybridized carbons (Fsp3) is 0.526. The number of aryl methyl sites for hydroxylation is 1. The molecule has 140 valence electrons. The molecule has 0 aliphatic carbocycles. The van der Waals surface area contributed by atoms with E-state index in [4.69, 9.17) is 0 Å². The molecule has 6 nitrogen and oxygen atoms in total. The molecule has 0 spiro atoms. The number of thioether (sulfide) groups is 1. The number of benzene rings is 1. The Bertz CT molecular complexity index is 776. The molecule has 2 aromatic rings. The Labute approximate surface area is 158 Å². The van der Waals surface area contributed by atoms with Gasteiger partial charge in [0.15, 0.2) is 5.16 Å². The lowest BCUT2D eigenvalue weighted by molar-refractivity contribution is -0.134. The number of H-pyrrole nitrogens is 1. The Morgan fingerprint density at radius 3 is 2.62 bits per heavy atom. The summed E-state index contributed by atoms with van der Waals surface area (Å²) in [5, 5.41) is 7.19. The van der Waals surface area contributed by atoms with Crippen molar-refractivity contribution >= 4 is 17.7 Å². The molecule has 7 heteroatoms. The minimum atomic E-state index is -0.226. The number of hydrogen-bond donors (Lipinski definition) is 1. The van der Waals surface area contributed by atoms with Crippen LogP contribution in [0.4, 0.5) is 0 Å². The number of nitrogens with zero attached hydrogens (tertiary/aromatic N) is 3. The van der Waals surface area contributed by atoms with Crippen LogP contribution in [0.5, 0.6) is 0 Å². The van der Waals surface area contributed by atoms with Crippen LogP contribution < -0.4 is 5.69 Å². The van der Waals surface area contributed by atoms with Crippen LogP contribution in [-0.4, -0.2) is 43.4 Å². The van der Waals surface area contributed by atoms with E-state index in [0.29, 0.717) is 17.5 Å². The third kappa shape index (κ3) is 4.38. The summed E-state index contributed by atoms with van der Waals surface area (Å²) in [4.78, 5) is 26.7. The van der Waals surface area contributed by atoms with Gasteiger partial charge < -0.3 is 4.90 Å². The maximum absolute atomic E-state index is 12.7. The maximum atomic E-state index is 12.7. The van der Waals surface area contributed by atoms with E-state index in [1.54, 1.807) is 4.57 Å². The highest BCUT2D eigenvalue weighted by Crippen LogP contribution is 2.24. The van der Waals surface area contributed by atoms with Gasteiger partial charge in [0.05, 0.1) is 5.75 Å². The Morgan fingerprint density at radius 2 is 1.92 bits per heavy atom. The predicted molar refractivity (Wildman–Crippen MR) is 103 cm³/mol. The zero-order chi connectivity index (χ0) is 18.5. The van der Waals surface area contributed by atoms with Gasteiger partial charge >= 0.3 is 5.69 Å². The van der Waals surface area contributed by atoms with Crippen molar-refractivity contribution in [1.82, 2.24) is 19.7 Å². The first-order valence-electron chi connectivity index (χ1n) is 9.19. The number of aromatic nitrogens is 3. The Morgan fingerprint density at radius 1 is 1.23 bits per heavy atom. The molecule has 1 amide bonds. The van der Waals surface area contributed by atoms with Crippen LogP contribution in [0.2, 0.25) is 0 Å². The largest absolute Gasteiger partial charge is 0.343 e. The number of likely N-dealkylation sites (tertiary alicyclic amines) is 1. The first-order valence-corrected chi connectivity index (χ1v) is 10.2. The lowest BCUT2D eigenvalue weighted by Gasteiger charge is -2.39. The molecule has 0 saturated carbocycles. The first kappa shape index (κ1) is 18.8. The van der Waals surface area contributed by atoms with Crippen molar-refractivity contribution in [2.24, 2.45) is 0 Å². The van der Waals surface area contributed by atoms with Crippen LogP contribution in [0.3, 0.4) is 0 Å². The molecule has 1 fully saturated rings. The molecule has 3 rings (SSSR count). The van der Waals surface area contributed by atoms with Gasteiger partial charge in [-0.1, -0.05) is 42.1 Å². The van der Waals surface area contributed by atoms with Crippen LogP contribution in [0.1, 0.15) is 38.7 Å². The van der Waals surface area contributed by atoms with E-state index in [1.165, 1.54) is 23.7 Å². The van der Waals surface area contributed by atoms with Gasteiger partial charge in [0.25, 0.3) is 0 Å². The second-order valence-electron chi connectivity index (χ2n) is 6.92. The Kier molecular flexibility index (Phi) is 6.19. The highest BCUT2D eigenvalue weighted by atomic mass is 32.2. The quantitative estimate of drug-likeness (QED) is 0.789. The van der Waals surface area contributed by atoms with E-state index in [1.807, 2.05) is 35.2 Å². The monoisotopic (exact) mass is 374 g/mol. The van der Waals surface area contributed by atoms with Gasteiger partial charge in [-0.15, -0.1) is 5.10 Å². The van der Waals surface area contributed by atoms with Crippen molar-refractivity contribution in [1.29, 1.82) is 0 Å². The maximum Gasteiger partial charge on any atom is 0.343 e. The molecular formula is C19H26N4O2S. The summed E-state index contributed by atoms with van der Waals surface area (Å²) < 4.78 is 1.62. The smallest absolute Gasteiger partial charge is 0.337 e. The average molecular weight is 375 g/mol. The van der Waals surface area contributed by atoms with Crippen molar-refractivity contribution < 1.29 is 4.79 Å². The minimum absolute atomic E-state index is 0.125. The molecule has 26 heavy (non-hydrogen) atoms. The fourth-order valence-electron chi connectivity index (χ4n) is 3.61. The SMILES string of the molecule is C[C@H]1CCC[C@H](C)N1C(=O)CSc1n[nH]c(=O)n1CCc1ccccc1.